The first-order chi connectivity index (χ1) is 12.3. The maximum atomic E-state index is 13.2. The van der Waals surface area contributed by atoms with Gasteiger partial charge in [-0.2, -0.15) is 5.10 Å². The first-order valence-electron chi connectivity index (χ1n) is 8.99. The number of hydrogen-bond donors (Lipinski definition) is 0. The van der Waals surface area contributed by atoms with Crippen molar-refractivity contribution in [3.05, 3.63) is 42.6 Å². The topological polar surface area (TPSA) is 46.8 Å². The van der Waals surface area contributed by atoms with E-state index in [0.717, 1.165) is 29.1 Å². The van der Waals surface area contributed by atoms with Crippen LogP contribution in [0, 0.1) is 5.82 Å². The molecule has 1 aromatic carbocycles. The lowest BCUT2D eigenvalue weighted by molar-refractivity contribution is 0.417. The van der Waals surface area contributed by atoms with Crippen LogP contribution in [0.4, 0.5) is 10.2 Å². The van der Waals surface area contributed by atoms with Gasteiger partial charge in [-0.05, 0) is 44.0 Å². The van der Waals surface area contributed by atoms with E-state index in [9.17, 15) is 4.39 Å². The minimum atomic E-state index is -0.259. The Bertz CT molecular complexity index is 852. The molecule has 0 saturated heterocycles. The lowest BCUT2D eigenvalue weighted by Crippen LogP contribution is -2.37. The normalized spacial score (nSPS) is 15.6. The molecule has 0 radical (unpaired) electrons. The number of halogens is 1. The third kappa shape index (κ3) is 2.97. The van der Waals surface area contributed by atoms with Crippen LogP contribution >= 0.6 is 0 Å². The first-order valence-corrected chi connectivity index (χ1v) is 8.99. The van der Waals surface area contributed by atoms with Crippen molar-refractivity contribution >= 4 is 16.9 Å². The summed E-state index contributed by atoms with van der Waals surface area (Å²) in [6, 6.07) is 6.83. The quantitative estimate of drug-likeness (QED) is 0.717. The third-order valence-corrected chi connectivity index (χ3v) is 5.04. The van der Waals surface area contributed by atoms with Gasteiger partial charge in [0.25, 0.3) is 0 Å². The molecule has 0 amide bonds. The summed E-state index contributed by atoms with van der Waals surface area (Å²) in [4.78, 5) is 11.4. The van der Waals surface area contributed by atoms with Crippen molar-refractivity contribution in [1.82, 2.24) is 19.7 Å². The molecule has 0 N–H and O–H groups in total. The second-order valence-corrected chi connectivity index (χ2v) is 6.55. The molecular weight excluding hydrogens is 317 g/mol. The maximum absolute atomic E-state index is 13.2. The summed E-state index contributed by atoms with van der Waals surface area (Å²) in [5, 5.41) is 5.43. The molecule has 1 fully saturated rings. The molecule has 5 nitrogen and oxygen atoms in total. The Morgan fingerprint density at radius 3 is 2.60 bits per heavy atom. The maximum Gasteiger partial charge on any atom is 0.168 e. The SMILES string of the molecule is CCN(c1ncnc2c1cnn2-c1ccc(F)cc1)C1CCCCC1. The van der Waals surface area contributed by atoms with Crippen molar-refractivity contribution in [3.8, 4) is 5.69 Å². The first kappa shape index (κ1) is 16.0. The predicted octanol–water partition coefficient (Wildman–Crippen LogP) is 4.11. The number of anilines is 1. The number of fused-ring (bicyclic) bond motifs is 1. The van der Waals surface area contributed by atoms with E-state index in [1.54, 1.807) is 23.1 Å². The number of benzene rings is 1. The van der Waals surface area contributed by atoms with Crippen LogP contribution in [-0.2, 0) is 0 Å². The number of aromatic nitrogens is 4. The van der Waals surface area contributed by atoms with Crippen molar-refractivity contribution in [1.29, 1.82) is 0 Å². The van der Waals surface area contributed by atoms with Crippen LogP contribution in [0.1, 0.15) is 39.0 Å². The molecule has 6 heteroatoms. The van der Waals surface area contributed by atoms with Gasteiger partial charge in [0.15, 0.2) is 5.65 Å². The molecule has 1 aliphatic carbocycles. The molecule has 0 unspecified atom stereocenters. The minimum absolute atomic E-state index is 0.259. The average molecular weight is 339 g/mol. The molecule has 3 aromatic rings. The number of nitrogens with zero attached hydrogens (tertiary/aromatic N) is 5. The Labute approximate surface area is 146 Å². The number of rotatable bonds is 4. The lowest BCUT2D eigenvalue weighted by Gasteiger charge is -2.34. The summed E-state index contributed by atoms with van der Waals surface area (Å²) in [5.74, 6) is 0.692. The summed E-state index contributed by atoms with van der Waals surface area (Å²) < 4.78 is 14.9. The highest BCUT2D eigenvalue weighted by atomic mass is 19.1. The second-order valence-electron chi connectivity index (χ2n) is 6.55. The Morgan fingerprint density at radius 2 is 1.88 bits per heavy atom. The van der Waals surface area contributed by atoms with Crippen molar-refractivity contribution in [3.63, 3.8) is 0 Å². The standard InChI is InChI=1S/C19H22FN5/c1-2-24(15-6-4-3-5-7-15)18-17-12-23-25(19(17)22-13-21-18)16-10-8-14(20)9-11-16/h8-13,15H,2-7H2,1H3. The zero-order valence-electron chi connectivity index (χ0n) is 14.4. The van der Waals surface area contributed by atoms with Crippen LogP contribution < -0.4 is 4.90 Å². The largest absolute Gasteiger partial charge is 0.353 e. The summed E-state index contributed by atoms with van der Waals surface area (Å²) in [7, 11) is 0. The lowest BCUT2D eigenvalue weighted by atomic mass is 9.94. The highest BCUT2D eigenvalue weighted by Crippen LogP contribution is 2.30. The third-order valence-electron chi connectivity index (χ3n) is 5.04. The van der Waals surface area contributed by atoms with Gasteiger partial charge >= 0.3 is 0 Å². The van der Waals surface area contributed by atoms with E-state index >= 15 is 0 Å². The van der Waals surface area contributed by atoms with Gasteiger partial charge in [0.2, 0.25) is 0 Å². The highest BCUT2D eigenvalue weighted by Gasteiger charge is 2.24. The van der Waals surface area contributed by atoms with Gasteiger partial charge in [-0.25, -0.2) is 19.0 Å². The van der Waals surface area contributed by atoms with Crippen molar-refractivity contribution < 1.29 is 4.39 Å². The summed E-state index contributed by atoms with van der Waals surface area (Å²) >= 11 is 0. The van der Waals surface area contributed by atoms with E-state index in [2.05, 4.69) is 26.9 Å². The van der Waals surface area contributed by atoms with Crippen LogP contribution in [-0.4, -0.2) is 32.3 Å². The van der Waals surface area contributed by atoms with Gasteiger partial charge in [0, 0.05) is 12.6 Å². The Morgan fingerprint density at radius 1 is 1.12 bits per heavy atom. The van der Waals surface area contributed by atoms with E-state index in [4.69, 9.17) is 0 Å². The van der Waals surface area contributed by atoms with Gasteiger partial charge in [-0.1, -0.05) is 19.3 Å². The van der Waals surface area contributed by atoms with Crippen molar-refractivity contribution in [2.45, 2.75) is 45.1 Å². The van der Waals surface area contributed by atoms with E-state index < -0.39 is 0 Å². The highest BCUT2D eigenvalue weighted by molar-refractivity contribution is 5.87. The fourth-order valence-electron chi connectivity index (χ4n) is 3.81. The van der Waals surface area contributed by atoms with Crippen LogP contribution in [0.25, 0.3) is 16.7 Å². The van der Waals surface area contributed by atoms with Gasteiger partial charge in [-0.15, -0.1) is 0 Å². The van der Waals surface area contributed by atoms with Crippen LogP contribution in [0.2, 0.25) is 0 Å². The van der Waals surface area contributed by atoms with Gasteiger partial charge in [-0.3, -0.25) is 0 Å². The van der Waals surface area contributed by atoms with Crippen molar-refractivity contribution in [2.75, 3.05) is 11.4 Å². The molecule has 0 bridgehead atoms. The molecule has 2 aromatic heterocycles. The average Bonchev–Trinajstić information content (AvgIpc) is 3.09. The molecule has 0 aliphatic heterocycles. The number of hydrogen-bond acceptors (Lipinski definition) is 4. The molecule has 0 atom stereocenters. The van der Waals surface area contributed by atoms with E-state index in [-0.39, 0.29) is 5.82 Å². The molecule has 1 saturated carbocycles. The van der Waals surface area contributed by atoms with Crippen LogP contribution in [0.3, 0.4) is 0 Å². The molecule has 130 valence electrons. The predicted molar refractivity (Wildman–Crippen MR) is 96.5 cm³/mol. The van der Waals surface area contributed by atoms with Gasteiger partial charge in [0.05, 0.1) is 17.3 Å². The molecule has 0 spiro atoms. The molecular formula is C19H22FN5. The fraction of sp³-hybridized carbons (Fsp3) is 0.421. The zero-order valence-corrected chi connectivity index (χ0v) is 14.4. The second kappa shape index (κ2) is 6.78. The monoisotopic (exact) mass is 339 g/mol. The van der Waals surface area contributed by atoms with E-state index in [1.807, 2.05) is 6.20 Å². The molecule has 4 rings (SSSR count). The Balaban J connectivity index is 1.76. The summed E-state index contributed by atoms with van der Waals surface area (Å²) in [6.45, 7) is 3.09. The fourth-order valence-corrected chi connectivity index (χ4v) is 3.81. The van der Waals surface area contributed by atoms with Crippen LogP contribution in [0.5, 0.6) is 0 Å². The Kier molecular flexibility index (Phi) is 4.34. The minimum Gasteiger partial charge on any atom is -0.353 e. The van der Waals surface area contributed by atoms with Gasteiger partial charge < -0.3 is 4.90 Å². The smallest absolute Gasteiger partial charge is 0.168 e. The summed E-state index contributed by atoms with van der Waals surface area (Å²) in [6.07, 6.45) is 9.74. The zero-order chi connectivity index (χ0) is 17.2. The Hall–Kier alpha value is -2.50. The van der Waals surface area contributed by atoms with Gasteiger partial charge in [0.1, 0.15) is 18.0 Å². The molecule has 2 heterocycles. The molecule has 1 aliphatic rings. The van der Waals surface area contributed by atoms with E-state index in [0.29, 0.717) is 6.04 Å². The summed E-state index contributed by atoms with van der Waals surface area (Å²) in [5.41, 5.74) is 1.55. The molecule has 25 heavy (non-hydrogen) atoms. The van der Waals surface area contributed by atoms with E-state index in [1.165, 1.54) is 44.2 Å². The van der Waals surface area contributed by atoms with Crippen molar-refractivity contribution in [2.24, 2.45) is 0 Å². The van der Waals surface area contributed by atoms with Crippen LogP contribution in [0.15, 0.2) is 36.8 Å².